The highest BCUT2D eigenvalue weighted by Gasteiger charge is 2.14. The monoisotopic (exact) mass is 376 g/mol. The fraction of sp³-hybridized carbons (Fsp3) is 0.111. The van der Waals surface area contributed by atoms with Gasteiger partial charge in [-0.3, -0.25) is 10.1 Å². The topological polar surface area (TPSA) is 42.0 Å². The predicted octanol–water partition coefficient (Wildman–Crippen LogP) is 5.99. The minimum absolute atomic E-state index is 0.327. The molecule has 0 fully saturated rings. The molecule has 1 aromatic heterocycles. The number of nitrogens with one attached hydrogen (secondary N) is 1. The van der Waals surface area contributed by atoms with Crippen LogP contribution in [0.4, 0.5) is 5.13 Å². The Hall–Kier alpha value is -1.88. The zero-order valence-corrected chi connectivity index (χ0v) is 15.4. The van der Waals surface area contributed by atoms with Gasteiger partial charge in [0.1, 0.15) is 0 Å². The maximum absolute atomic E-state index is 12.4. The van der Waals surface area contributed by atoms with Crippen LogP contribution in [0.1, 0.15) is 21.5 Å². The first-order valence-electron chi connectivity index (χ1n) is 7.23. The lowest BCUT2D eigenvalue weighted by Crippen LogP contribution is -2.12. The number of thiazole rings is 1. The van der Waals surface area contributed by atoms with Gasteiger partial charge in [0.05, 0.1) is 16.3 Å². The first-order chi connectivity index (χ1) is 11.4. The van der Waals surface area contributed by atoms with E-state index in [1.165, 1.54) is 16.9 Å². The van der Waals surface area contributed by atoms with Crippen LogP contribution in [0.2, 0.25) is 10.0 Å². The smallest absolute Gasteiger partial charge is 0.259 e. The van der Waals surface area contributed by atoms with Gasteiger partial charge in [0.15, 0.2) is 5.13 Å². The van der Waals surface area contributed by atoms with Crippen LogP contribution in [0.25, 0.3) is 11.3 Å². The van der Waals surface area contributed by atoms with Gasteiger partial charge in [0.2, 0.25) is 0 Å². The molecule has 0 unspecified atom stereocenters. The molecule has 122 valence electrons. The zero-order chi connectivity index (χ0) is 17.3. The van der Waals surface area contributed by atoms with E-state index in [9.17, 15) is 4.79 Å². The lowest BCUT2D eigenvalue weighted by atomic mass is 10.0. The Morgan fingerprint density at radius 1 is 1.12 bits per heavy atom. The van der Waals surface area contributed by atoms with E-state index in [4.69, 9.17) is 23.2 Å². The van der Waals surface area contributed by atoms with Gasteiger partial charge in [0.25, 0.3) is 5.91 Å². The molecule has 1 amide bonds. The maximum atomic E-state index is 12.4. The van der Waals surface area contributed by atoms with Gasteiger partial charge < -0.3 is 0 Å². The van der Waals surface area contributed by atoms with Crippen LogP contribution in [-0.4, -0.2) is 10.9 Å². The molecule has 6 heteroatoms. The van der Waals surface area contributed by atoms with E-state index in [2.05, 4.69) is 28.5 Å². The van der Waals surface area contributed by atoms with E-state index in [1.54, 1.807) is 18.2 Å². The predicted molar refractivity (Wildman–Crippen MR) is 101 cm³/mol. The first-order valence-corrected chi connectivity index (χ1v) is 8.87. The minimum atomic E-state index is -0.329. The second-order valence-electron chi connectivity index (χ2n) is 5.43. The van der Waals surface area contributed by atoms with Crippen LogP contribution in [0.3, 0.4) is 0 Å². The van der Waals surface area contributed by atoms with Gasteiger partial charge in [-0.25, -0.2) is 4.98 Å². The highest BCUT2D eigenvalue weighted by molar-refractivity contribution is 7.14. The van der Waals surface area contributed by atoms with Crippen molar-refractivity contribution in [1.82, 2.24) is 4.98 Å². The maximum Gasteiger partial charge on any atom is 0.259 e. The SMILES string of the molecule is Cc1ccc(C)c(-c2csc(NC(=O)c3cc(Cl)ccc3Cl)n2)c1. The molecule has 0 radical (unpaired) electrons. The standard InChI is InChI=1S/C18H14Cl2N2OS/c1-10-3-4-11(2)13(7-10)16-9-24-18(21-16)22-17(23)14-8-12(19)5-6-15(14)20/h3-9H,1-2H3,(H,21,22,23). The number of amides is 1. The number of carbonyl (C=O) groups is 1. The number of benzene rings is 2. The summed E-state index contributed by atoms with van der Waals surface area (Å²) in [6.07, 6.45) is 0. The Balaban J connectivity index is 1.85. The summed E-state index contributed by atoms with van der Waals surface area (Å²) >= 11 is 13.4. The lowest BCUT2D eigenvalue weighted by Gasteiger charge is -2.05. The first kappa shape index (κ1) is 17.0. The molecule has 2 aromatic carbocycles. The molecule has 0 bridgehead atoms. The number of carbonyl (C=O) groups excluding carboxylic acids is 1. The molecule has 1 heterocycles. The average Bonchev–Trinajstić information content (AvgIpc) is 3.00. The third kappa shape index (κ3) is 3.61. The van der Waals surface area contributed by atoms with Crippen molar-refractivity contribution < 1.29 is 4.79 Å². The van der Waals surface area contributed by atoms with E-state index in [0.717, 1.165) is 16.8 Å². The van der Waals surface area contributed by atoms with Crippen LogP contribution >= 0.6 is 34.5 Å². The zero-order valence-electron chi connectivity index (χ0n) is 13.1. The largest absolute Gasteiger partial charge is 0.298 e. The van der Waals surface area contributed by atoms with Gasteiger partial charge in [0, 0.05) is 16.0 Å². The molecule has 0 aliphatic carbocycles. The molecule has 0 aliphatic heterocycles. The quantitative estimate of drug-likeness (QED) is 0.610. The Morgan fingerprint density at radius 2 is 1.92 bits per heavy atom. The van der Waals surface area contributed by atoms with Crippen LogP contribution in [0.5, 0.6) is 0 Å². The van der Waals surface area contributed by atoms with Crippen LogP contribution in [-0.2, 0) is 0 Å². The van der Waals surface area contributed by atoms with E-state index in [-0.39, 0.29) is 5.91 Å². The van der Waals surface area contributed by atoms with Crippen molar-refractivity contribution in [3.8, 4) is 11.3 Å². The highest BCUT2D eigenvalue weighted by atomic mass is 35.5. The number of hydrogen-bond acceptors (Lipinski definition) is 3. The van der Waals surface area contributed by atoms with Crippen LogP contribution < -0.4 is 5.32 Å². The number of hydrogen-bond donors (Lipinski definition) is 1. The van der Waals surface area contributed by atoms with Crippen LogP contribution in [0, 0.1) is 13.8 Å². The molecule has 0 atom stereocenters. The summed E-state index contributed by atoms with van der Waals surface area (Å²) in [5.74, 6) is -0.329. The Morgan fingerprint density at radius 3 is 2.71 bits per heavy atom. The lowest BCUT2D eigenvalue weighted by molar-refractivity contribution is 0.102. The number of nitrogens with zero attached hydrogens (tertiary/aromatic N) is 1. The number of aryl methyl sites for hydroxylation is 2. The molecule has 3 rings (SSSR count). The Kier molecular flexibility index (Phi) is 4.90. The molecule has 0 saturated heterocycles. The van der Waals surface area contributed by atoms with E-state index in [0.29, 0.717) is 20.7 Å². The summed E-state index contributed by atoms with van der Waals surface area (Å²) in [6, 6.07) is 11.0. The average molecular weight is 377 g/mol. The molecule has 3 nitrogen and oxygen atoms in total. The Bertz CT molecular complexity index is 921. The minimum Gasteiger partial charge on any atom is -0.298 e. The molecule has 1 N–H and O–H groups in total. The number of halogens is 2. The van der Waals surface area contributed by atoms with Gasteiger partial charge >= 0.3 is 0 Å². The van der Waals surface area contributed by atoms with Gasteiger partial charge in [-0.2, -0.15) is 0 Å². The van der Waals surface area contributed by atoms with Crippen molar-refractivity contribution >= 4 is 45.6 Å². The summed E-state index contributed by atoms with van der Waals surface area (Å²) < 4.78 is 0. The molecule has 0 spiro atoms. The third-order valence-electron chi connectivity index (χ3n) is 3.57. The summed E-state index contributed by atoms with van der Waals surface area (Å²) in [5.41, 5.74) is 4.54. The van der Waals surface area contributed by atoms with Crippen molar-refractivity contribution in [1.29, 1.82) is 0 Å². The fourth-order valence-electron chi connectivity index (χ4n) is 2.30. The van der Waals surface area contributed by atoms with E-state index >= 15 is 0 Å². The van der Waals surface area contributed by atoms with Gasteiger partial charge in [-0.1, -0.05) is 40.9 Å². The fourth-order valence-corrected chi connectivity index (χ4v) is 3.38. The molecule has 0 saturated carbocycles. The molecule has 0 aliphatic rings. The molecule has 3 aromatic rings. The van der Waals surface area contributed by atoms with Crippen molar-refractivity contribution in [2.24, 2.45) is 0 Å². The molecule has 24 heavy (non-hydrogen) atoms. The summed E-state index contributed by atoms with van der Waals surface area (Å²) in [4.78, 5) is 16.9. The molecular weight excluding hydrogens is 363 g/mol. The summed E-state index contributed by atoms with van der Waals surface area (Å²) in [6.45, 7) is 4.08. The van der Waals surface area contributed by atoms with Crippen LogP contribution in [0.15, 0.2) is 41.8 Å². The highest BCUT2D eigenvalue weighted by Crippen LogP contribution is 2.29. The third-order valence-corrected chi connectivity index (χ3v) is 4.89. The number of rotatable bonds is 3. The van der Waals surface area contributed by atoms with E-state index < -0.39 is 0 Å². The van der Waals surface area contributed by atoms with Gasteiger partial charge in [-0.15, -0.1) is 11.3 Å². The summed E-state index contributed by atoms with van der Waals surface area (Å²) in [5, 5.41) is 6.03. The van der Waals surface area contributed by atoms with Crippen molar-refractivity contribution in [3.63, 3.8) is 0 Å². The second-order valence-corrected chi connectivity index (χ2v) is 7.14. The second kappa shape index (κ2) is 6.93. The van der Waals surface area contributed by atoms with E-state index in [1.807, 2.05) is 19.2 Å². The molecular formula is C18H14Cl2N2OS. The van der Waals surface area contributed by atoms with Crippen molar-refractivity contribution in [3.05, 3.63) is 68.5 Å². The normalized spacial score (nSPS) is 10.7. The van der Waals surface area contributed by atoms with Gasteiger partial charge in [-0.05, 0) is 43.7 Å². The number of anilines is 1. The summed E-state index contributed by atoms with van der Waals surface area (Å²) in [7, 11) is 0. The Labute approximate surface area is 154 Å². The van der Waals surface area contributed by atoms with Crippen molar-refractivity contribution in [2.45, 2.75) is 13.8 Å². The van der Waals surface area contributed by atoms with Crippen molar-refractivity contribution in [2.75, 3.05) is 5.32 Å². The number of aromatic nitrogens is 1.